The molecule has 1 amide bonds. The lowest BCUT2D eigenvalue weighted by atomic mass is 10.1. The van der Waals surface area contributed by atoms with Gasteiger partial charge in [0.2, 0.25) is 0 Å². The van der Waals surface area contributed by atoms with Gasteiger partial charge in [-0.2, -0.15) is 5.10 Å². The zero-order valence-corrected chi connectivity index (χ0v) is 15.5. The summed E-state index contributed by atoms with van der Waals surface area (Å²) < 4.78 is 36.2. The maximum Gasteiger partial charge on any atom is 0.255 e. The van der Waals surface area contributed by atoms with Crippen LogP contribution < -0.4 is 5.32 Å². The number of nitrogens with one attached hydrogen (secondary N) is 2. The summed E-state index contributed by atoms with van der Waals surface area (Å²) in [4.78, 5) is 12.9. The number of benzene rings is 2. The summed E-state index contributed by atoms with van der Waals surface area (Å²) >= 11 is 0. The molecule has 3 rings (SSSR count). The molecule has 2 N–H and O–H groups in total. The minimum atomic E-state index is -3.27. The fourth-order valence-electron chi connectivity index (χ4n) is 2.66. The highest BCUT2D eigenvalue weighted by molar-refractivity contribution is 7.90. The second-order valence-electron chi connectivity index (χ2n) is 6.20. The molecule has 27 heavy (non-hydrogen) atoms. The van der Waals surface area contributed by atoms with E-state index in [0.29, 0.717) is 16.8 Å². The Morgan fingerprint density at radius 3 is 2.33 bits per heavy atom. The van der Waals surface area contributed by atoms with Crippen LogP contribution in [0.3, 0.4) is 0 Å². The molecule has 0 aliphatic heterocycles. The van der Waals surface area contributed by atoms with Gasteiger partial charge in [-0.3, -0.25) is 9.89 Å². The van der Waals surface area contributed by atoms with Gasteiger partial charge in [0.15, 0.2) is 9.84 Å². The summed E-state index contributed by atoms with van der Waals surface area (Å²) in [6.07, 6.45) is 2.55. The van der Waals surface area contributed by atoms with Gasteiger partial charge < -0.3 is 5.32 Å². The molecule has 0 aliphatic rings. The van der Waals surface area contributed by atoms with Crippen LogP contribution in [0.2, 0.25) is 0 Å². The van der Waals surface area contributed by atoms with Crippen LogP contribution in [0.4, 0.5) is 4.39 Å². The Morgan fingerprint density at radius 1 is 1.11 bits per heavy atom. The highest BCUT2D eigenvalue weighted by atomic mass is 32.2. The predicted octanol–water partition coefficient (Wildman–Crippen LogP) is 3.11. The first-order chi connectivity index (χ1) is 12.8. The number of H-pyrrole nitrogens is 1. The Hall–Kier alpha value is -3.00. The van der Waals surface area contributed by atoms with Crippen molar-refractivity contribution in [3.8, 4) is 11.3 Å². The van der Waals surface area contributed by atoms with E-state index in [1.807, 2.05) is 0 Å². The second kappa shape index (κ2) is 7.32. The molecule has 1 heterocycles. The first-order valence-electron chi connectivity index (χ1n) is 8.16. The third kappa shape index (κ3) is 4.22. The zero-order chi connectivity index (χ0) is 19.6. The van der Waals surface area contributed by atoms with Crippen molar-refractivity contribution in [2.75, 3.05) is 6.26 Å². The highest BCUT2D eigenvalue weighted by Gasteiger charge is 2.18. The fourth-order valence-corrected chi connectivity index (χ4v) is 3.29. The van der Waals surface area contributed by atoms with Crippen LogP contribution in [0.25, 0.3) is 11.3 Å². The third-order valence-corrected chi connectivity index (χ3v) is 5.30. The highest BCUT2D eigenvalue weighted by Crippen LogP contribution is 2.23. The van der Waals surface area contributed by atoms with Gasteiger partial charge in [0.25, 0.3) is 5.91 Å². The zero-order valence-electron chi connectivity index (χ0n) is 14.7. The Labute approximate surface area is 156 Å². The SMILES string of the molecule is CC(NC(=O)c1cn[nH]c1-c1ccc(F)cc1)c1ccc(S(C)(=O)=O)cc1. The molecule has 0 fully saturated rings. The van der Waals surface area contributed by atoms with E-state index < -0.39 is 9.84 Å². The minimum absolute atomic E-state index is 0.221. The number of sulfone groups is 1. The maximum absolute atomic E-state index is 13.1. The van der Waals surface area contributed by atoms with E-state index in [-0.39, 0.29) is 22.7 Å². The van der Waals surface area contributed by atoms with Gasteiger partial charge in [-0.1, -0.05) is 12.1 Å². The first kappa shape index (κ1) is 18.8. The van der Waals surface area contributed by atoms with Gasteiger partial charge in [0.1, 0.15) is 5.82 Å². The molecule has 0 spiro atoms. The van der Waals surface area contributed by atoms with Crippen molar-refractivity contribution in [2.24, 2.45) is 0 Å². The molecule has 0 aliphatic carbocycles. The van der Waals surface area contributed by atoms with Gasteiger partial charge >= 0.3 is 0 Å². The molecule has 0 saturated heterocycles. The largest absolute Gasteiger partial charge is 0.345 e. The first-order valence-corrected chi connectivity index (χ1v) is 10.0. The average Bonchev–Trinajstić information content (AvgIpc) is 3.11. The molecule has 0 bridgehead atoms. The molecule has 140 valence electrons. The molecule has 3 aromatic rings. The van der Waals surface area contributed by atoms with Gasteiger partial charge in [0.05, 0.1) is 28.4 Å². The van der Waals surface area contributed by atoms with Crippen molar-refractivity contribution in [2.45, 2.75) is 17.9 Å². The smallest absolute Gasteiger partial charge is 0.255 e. The average molecular weight is 387 g/mol. The number of aromatic nitrogens is 2. The Morgan fingerprint density at radius 2 is 1.74 bits per heavy atom. The van der Waals surface area contributed by atoms with Crippen molar-refractivity contribution in [1.29, 1.82) is 0 Å². The van der Waals surface area contributed by atoms with Crippen LogP contribution in [-0.2, 0) is 9.84 Å². The van der Waals surface area contributed by atoms with Crippen LogP contribution in [0.15, 0.2) is 59.6 Å². The number of hydrogen-bond donors (Lipinski definition) is 2. The summed E-state index contributed by atoms with van der Waals surface area (Å²) in [5.74, 6) is -0.710. The van der Waals surface area contributed by atoms with Crippen molar-refractivity contribution in [3.05, 3.63) is 71.7 Å². The van der Waals surface area contributed by atoms with E-state index in [0.717, 1.165) is 11.8 Å². The number of nitrogens with zero attached hydrogens (tertiary/aromatic N) is 1. The topological polar surface area (TPSA) is 91.9 Å². The third-order valence-electron chi connectivity index (χ3n) is 4.17. The number of rotatable bonds is 5. The lowest BCUT2D eigenvalue weighted by Crippen LogP contribution is -2.26. The molecule has 2 aromatic carbocycles. The molecule has 1 unspecified atom stereocenters. The predicted molar refractivity (Wildman–Crippen MR) is 99.4 cm³/mol. The lowest BCUT2D eigenvalue weighted by molar-refractivity contribution is 0.0940. The van der Waals surface area contributed by atoms with Crippen LogP contribution >= 0.6 is 0 Å². The number of hydrogen-bond acceptors (Lipinski definition) is 4. The molecule has 8 heteroatoms. The van der Waals surface area contributed by atoms with E-state index in [1.54, 1.807) is 31.2 Å². The second-order valence-corrected chi connectivity index (χ2v) is 8.22. The minimum Gasteiger partial charge on any atom is -0.345 e. The van der Waals surface area contributed by atoms with Crippen LogP contribution in [0.1, 0.15) is 28.9 Å². The number of carbonyl (C=O) groups excluding carboxylic acids is 1. The summed E-state index contributed by atoms with van der Waals surface area (Å²) in [5, 5.41) is 9.53. The van der Waals surface area contributed by atoms with E-state index in [9.17, 15) is 17.6 Å². The van der Waals surface area contributed by atoms with Crippen LogP contribution in [-0.4, -0.2) is 30.8 Å². The molecule has 1 aromatic heterocycles. The molecular formula is C19H18FN3O3S. The van der Waals surface area contributed by atoms with Crippen molar-refractivity contribution >= 4 is 15.7 Å². The van der Waals surface area contributed by atoms with E-state index in [1.165, 1.54) is 30.5 Å². The Balaban J connectivity index is 1.78. The number of carbonyl (C=O) groups is 1. The Kier molecular flexibility index (Phi) is 5.09. The number of amides is 1. The molecule has 6 nitrogen and oxygen atoms in total. The van der Waals surface area contributed by atoms with Crippen molar-refractivity contribution in [1.82, 2.24) is 15.5 Å². The van der Waals surface area contributed by atoms with Crippen molar-refractivity contribution < 1.29 is 17.6 Å². The van der Waals surface area contributed by atoms with E-state index in [4.69, 9.17) is 0 Å². The van der Waals surface area contributed by atoms with Crippen molar-refractivity contribution in [3.63, 3.8) is 0 Å². The van der Waals surface area contributed by atoms with Gasteiger partial charge in [-0.25, -0.2) is 12.8 Å². The standard InChI is InChI=1S/C19H18FN3O3S/c1-12(13-5-9-16(10-6-13)27(2,25)26)22-19(24)17-11-21-23-18(17)14-3-7-15(20)8-4-14/h3-12H,1-2H3,(H,21,23)(H,22,24). The van der Waals surface area contributed by atoms with Gasteiger partial charge in [-0.05, 0) is 48.9 Å². The summed E-state index contributed by atoms with van der Waals surface area (Å²) in [6, 6.07) is 11.7. The maximum atomic E-state index is 13.1. The number of aromatic amines is 1. The lowest BCUT2D eigenvalue weighted by Gasteiger charge is -2.15. The molecule has 1 atom stereocenters. The quantitative estimate of drug-likeness (QED) is 0.704. The normalized spacial score (nSPS) is 12.6. The van der Waals surface area contributed by atoms with Crippen LogP contribution in [0.5, 0.6) is 0 Å². The van der Waals surface area contributed by atoms with Gasteiger partial charge in [-0.15, -0.1) is 0 Å². The Bertz CT molecular complexity index is 1060. The molecule has 0 saturated carbocycles. The summed E-state index contributed by atoms with van der Waals surface area (Å²) in [5.41, 5.74) is 2.24. The molecular weight excluding hydrogens is 369 g/mol. The van der Waals surface area contributed by atoms with Crippen LogP contribution in [0, 0.1) is 5.82 Å². The fraction of sp³-hybridized carbons (Fsp3) is 0.158. The summed E-state index contributed by atoms with van der Waals surface area (Å²) in [7, 11) is -3.27. The van der Waals surface area contributed by atoms with Gasteiger partial charge in [0, 0.05) is 11.8 Å². The monoisotopic (exact) mass is 387 g/mol. The van der Waals surface area contributed by atoms with E-state index in [2.05, 4.69) is 15.5 Å². The molecule has 0 radical (unpaired) electrons. The summed E-state index contributed by atoms with van der Waals surface area (Å²) in [6.45, 7) is 1.80. The van der Waals surface area contributed by atoms with E-state index >= 15 is 0 Å². The number of halogens is 1.